The van der Waals surface area contributed by atoms with Gasteiger partial charge >= 0.3 is 0 Å². The second kappa shape index (κ2) is 9.89. The van der Waals surface area contributed by atoms with Crippen molar-refractivity contribution in [3.8, 4) is 28.5 Å². The minimum absolute atomic E-state index is 0.340. The molecule has 158 valence electrons. The average Bonchev–Trinajstić information content (AvgIpc) is 3.16. The molecule has 3 aromatic carbocycles. The topological polar surface area (TPSA) is 41.1 Å². The van der Waals surface area contributed by atoms with Crippen LogP contribution in [0.5, 0.6) is 0 Å². The van der Waals surface area contributed by atoms with Crippen molar-refractivity contribution in [2.24, 2.45) is 4.99 Å². The van der Waals surface area contributed by atoms with Crippen LogP contribution in [0.3, 0.4) is 0 Å². The molecule has 1 heterocycles. The van der Waals surface area contributed by atoms with Crippen molar-refractivity contribution in [1.82, 2.24) is 4.57 Å². The van der Waals surface area contributed by atoms with E-state index in [0.717, 1.165) is 35.2 Å². The van der Waals surface area contributed by atoms with Gasteiger partial charge in [0, 0.05) is 23.9 Å². The van der Waals surface area contributed by atoms with Gasteiger partial charge in [0.25, 0.3) is 0 Å². The molecule has 0 spiro atoms. The maximum Gasteiger partial charge on any atom is 0.151 e. The van der Waals surface area contributed by atoms with Gasteiger partial charge in [-0.2, -0.15) is 5.26 Å². The van der Waals surface area contributed by atoms with E-state index in [1.807, 2.05) is 48.5 Å². The molecule has 0 radical (unpaired) electrons. The minimum atomic E-state index is -0.340. The number of hydrogen-bond acceptors (Lipinski definition) is 2. The predicted molar refractivity (Wildman–Crippen MR) is 129 cm³/mol. The fraction of sp³-hybridized carbons (Fsp3) is 0.143. The third-order valence-corrected chi connectivity index (χ3v) is 5.42. The van der Waals surface area contributed by atoms with E-state index in [0.29, 0.717) is 23.5 Å². The summed E-state index contributed by atoms with van der Waals surface area (Å²) >= 11 is 0. The van der Waals surface area contributed by atoms with E-state index < -0.39 is 0 Å². The molecule has 0 saturated carbocycles. The van der Waals surface area contributed by atoms with E-state index in [1.165, 1.54) is 12.3 Å². The Labute approximate surface area is 188 Å². The Morgan fingerprint density at radius 3 is 2.16 bits per heavy atom. The third-order valence-electron chi connectivity index (χ3n) is 5.42. The summed E-state index contributed by atoms with van der Waals surface area (Å²) in [5, 5.41) is 10.2. The quantitative estimate of drug-likeness (QED) is 0.287. The largest absolute Gasteiger partial charge is 0.324 e. The van der Waals surface area contributed by atoms with E-state index >= 15 is 0 Å². The van der Waals surface area contributed by atoms with Gasteiger partial charge in [-0.15, -0.1) is 0 Å². The molecule has 1 aromatic heterocycles. The van der Waals surface area contributed by atoms with Crippen molar-refractivity contribution in [2.75, 3.05) is 0 Å². The first-order valence-corrected chi connectivity index (χ1v) is 10.8. The first kappa shape index (κ1) is 21.3. The van der Waals surface area contributed by atoms with Gasteiger partial charge in [0.1, 0.15) is 17.4 Å². The zero-order chi connectivity index (χ0) is 22.3. The van der Waals surface area contributed by atoms with Gasteiger partial charge < -0.3 is 4.57 Å². The van der Waals surface area contributed by atoms with Crippen LogP contribution in [0, 0.1) is 17.1 Å². The number of nitriles is 1. The normalized spacial score (nSPS) is 11.0. The summed E-state index contributed by atoms with van der Waals surface area (Å²) in [5.41, 5.74) is 4.69. The fourth-order valence-corrected chi connectivity index (χ4v) is 3.87. The molecule has 0 aliphatic heterocycles. The van der Waals surface area contributed by atoms with Crippen LogP contribution >= 0.6 is 0 Å². The summed E-state index contributed by atoms with van der Waals surface area (Å²) in [5.74, 6) is 0.217. The van der Waals surface area contributed by atoms with E-state index in [4.69, 9.17) is 0 Å². The standard InChI is InChI=1S/C28H24FN3/c1-2-3-18-32-27(22-14-8-5-9-15-22)26(21-12-6-4-7-13-21)24(19-30)28(32)31-20-23-16-10-11-17-25(23)29/h4-17,20H,2-3,18H2,1H3. The molecule has 0 unspecified atom stereocenters. The number of aliphatic imine (C=N–C) groups is 1. The highest BCUT2D eigenvalue weighted by molar-refractivity contribution is 5.92. The molecule has 4 heteroatoms. The molecule has 0 aliphatic carbocycles. The van der Waals surface area contributed by atoms with Crippen LogP contribution in [0.15, 0.2) is 89.9 Å². The number of unbranched alkanes of at least 4 members (excludes halogenated alkanes) is 1. The number of hydrogen-bond donors (Lipinski definition) is 0. The zero-order valence-corrected chi connectivity index (χ0v) is 18.0. The molecule has 4 rings (SSSR count). The van der Waals surface area contributed by atoms with Gasteiger partial charge in [-0.25, -0.2) is 9.38 Å². The molecule has 3 nitrogen and oxygen atoms in total. The maximum absolute atomic E-state index is 14.2. The van der Waals surface area contributed by atoms with Crippen LogP contribution in [-0.2, 0) is 6.54 Å². The molecule has 0 N–H and O–H groups in total. The molecule has 0 atom stereocenters. The van der Waals surface area contributed by atoms with Crippen LogP contribution in [0.2, 0.25) is 0 Å². The molecule has 0 fully saturated rings. The Hall–Kier alpha value is -3.97. The molecule has 0 saturated heterocycles. The van der Waals surface area contributed by atoms with Crippen molar-refractivity contribution < 1.29 is 4.39 Å². The molecular formula is C28H24FN3. The van der Waals surface area contributed by atoms with Gasteiger partial charge in [0.15, 0.2) is 5.82 Å². The number of benzene rings is 3. The maximum atomic E-state index is 14.2. The SMILES string of the molecule is CCCCn1c(N=Cc2ccccc2F)c(C#N)c(-c2ccccc2)c1-c1ccccc1. The lowest BCUT2D eigenvalue weighted by Gasteiger charge is -2.13. The number of rotatable bonds is 7. The van der Waals surface area contributed by atoms with E-state index in [1.54, 1.807) is 18.2 Å². The van der Waals surface area contributed by atoms with Crippen molar-refractivity contribution in [3.63, 3.8) is 0 Å². The smallest absolute Gasteiger partial charge is 0.151 e. The Morgan fingerprint density at radius 2 is 1.53 bits per heavy atom. The zero-order valence-electron chi connectivity index (χ0n) is 18.0. The number of halogens is 1. The van der Waals surface area contributed by atoms with E-state index in [9.17, 15) is 9.65 Å². The Kier molecular flexibility index (Phi) is 6.57. The summed E-state index contributed by atoms with van der Waals surface area (Å²) in [6.45, 7) is 2.85. The number of nitrogens with zero attached hydrogens (tertiary/aromatic N) is 3. The molecule has 0 aliphatic rings. The fourth-order valence-electron chi connectivity index (χ4n) is 3.87. The summed E-state index contributed by atoms with van der Waals surface area (Å²) in [6, 6.07) is 28.9. The Bertz CT molecular complexity index is 1270. The van der Waals surface area contributed by atoms with Gasteiger partial charge in [-0.05, 0) is 23.6 Å². The second-order valence-corrected chi connectivity index (χ2v) is 7.55. The lowest BCUT2D eigenvalue weighted by Crippen LogP contribution is -2.01. The summed E-state index contributed by atoms with van der Waals surface area (Å²) < 4.78 is 16.3. The monoisotopic (exact) mass is 421 g/mol. The highest BCUT2D eigenvalue weighted by atomic mass is 19.1. The van der Waals surface area contributed by atoms with Crippen LogP contribution in [0.4, 0.5) is 10.2 Å². The first-order valence-electron chi connectivity index (χ1n) is 10.8. The summed E-state index contributed by atoms with van der Waals surface area (Å²) in [4.78, 5) is 4.67. The minimum Gasteiger partial charge on any atom is -0.324 e. The van der Waals surface area contributed by atoms with Crippen LogP contribution in [0.1, 0.15) is 30.9 Å². The van der Waals surface area contributed by atoms with Crippen LogP contribution in [0.25, 0.3) is 22.4 Å². The van der Waals surface area contributed by atoms with E-state index in [2.05, 4.69) is 34.7 Å². The van der Waals surface area contributed by atoms with Crippen molar-refractivity contribution in [1.29, 1.82) is 5.26 Å². The lowest BCUT2D eigenvalue weighted by atomic mass is 9.98. The number of aromatic nitrogens is 1. The molecule has 0 bridgehead atoms. The molecular weight excluding hydrogens is 397 g/mol. The van der Waals surface area contributed by atoms with Crippen LogP contribution in [-0.4, -0.2) is 10.8 Å². The lowest BCUT2D eigenvalue weighted by molar-refractivity contribution is 0.626. The third kappa shape index (κ3) is 4.24. The molecule has 4 aromatic rings. The van der Waals surface area contributed by atoms with Crippen molar-refractivity contribution in [2.45, 2.75) is 26.3 Å². The first-order chi connectivity index (χ1) is 15.7. The summed E-state index contributed by atoms with van der Waals surface area (Å²) in [6.07, 6.45) is 3.46. The average molecular weight is 422 g/mol. The van der Waals surface area contributed by atoms with Gasteiger partial charge in [0.2, 0.25) is 0 Å². The Balaban J connectivity index is 2.01. The van der Waals surface area contributed by atoms with Gasteiger partial charge in [0.05, 0.1) is 5.69 Å². The highest BCUT2D eigenvalue weighted by Crippen LogP contribution is 2.42. The van der Waals surface area contributed by atoms with Gasteiger partial charge in [-0.1, -0.05) is 92.2 Å². The van der Waals surface area contributed by atoms with Crippen molar-refractivity contribution in [3.05, 3.63) is 102 Å². The second-order valence-electron chi connectivity index (χ2n) is 7.55. The molecule has 32 heavy (non-hydrogen) atoms. The highest BCUT2D eigenvalue weighted by Gasteiger charge is 2.24. The van der Waals surface area contributed by atoms with Crippen molar-refractivity contribution >= 4 is 12.0 Å². The van der Waals surface area contributed by atoms with E-state index in [-0.39, 0.29) is 5.82 Å². The molecule has 0 amide bonds. The van der Waals surface area contributed by atoms with Crippen LogP contribution < -0.4 is 0 Å². The summed E-state index contributed by atoms with van der Waals surface area (Å²) in [7, 11) is 0. The van der Waals surface area contributed by atoms with Gasteiger partial charge in [-0.3, -0.25) is 0 Å². The Morgan fingerprint density at radius 1 is 0.906 bits per heavy atom. The predicted octanol–water partition coefficient (Wildman–Crippen LogP) is 7.38.